The number of hydrogen-bond donors (Lipinski definition) is 1. The summed E-state index contributed by atoms with van der Waals surface area (Å²) < 4.78 is 10.9. The highest BCUT2D eigenvalue weighted by atomic mass is 16.5. The molecule has 3 aromatic rings. The minimum Gasteiger partial charge on any atom is -0.493 e. The molecule has 2 aliphatic rings. The van der Waals surface area contributed by atoms with Gasteiger partial charge in [-0.15, -0.1) is 0 Å². The zero-order chi connectivity index (χ0) is 22.4. The normalized spacial score (nSPS) is 20.0. The largest absolute Gasteiger partial charge is 0.493 e. The van der Waals surface area contributed by atoms with Crippen molar-refractivity contribution in [3.05, 3.63) is 59.3 Å². The third-order valence-corrected chi connectivity index (χ3v) is 6.59. The van der Waals surface area contributed by atoms with Crippen LogP contribution in [0.4, 0.5) is 4.79 Å². The zero-order valence-corrected chi connectivity index (χ0v) is 18.6. The Kier molecular flexibility index (Phi) is 5.04. The van der Waals surface area contributed by atoms with Crippen molar-refractivity contribution in [2.75, 3.05) is 20.8 Å². The fraction of sp³-hybridized carbons (Fsp3) is 0.360. The van der Waals surface area contributed by atoms with Crippen LogP contribution in [-0.2, 0) is 11.2 Å². The van der Waals surface area contributed by atoms with Crippen LogP contribution in [0.25, 0.3) is 10.9 Å². The van der Waals surface area contributed by atoms with E-state index in [0.29, 0.717) is 24.5 Å². The number of nitrogens with zero attached hydrogens (tertiary/aromatic N) is 2. The number of aromatic amines is 1. The highest BCUT2D eigenvalue weighted by Crippen LogP contribution is 2.45. The number of unbranched alkanes of at least 4 members (excludes halogenated alkanes) is 1. The van der Waals surface area contributed by atoms with Gasteiger partial charge in [-0.05, 0) is 35.7 Å². The molecule has 2 aliphatic heterocycles. The second-order valence-corrected chi connectivity index (χ2v) is 8.33. The molecule has 166 valence electrons. The van der Waals surface area contributed by atoms with Crippen LogP contribution in [0, 0.1) is 0 Å². The summed E-state index contributed by atoms with van der Waals surface area (Å²) in [5.41, 5.74) is 3.93. The van der Waals surface area contributed by atoms with E-state index in [0.717, 1.165) is 40.6 Å². The highest BCUT2D eigenvalue weighted by molar-refractivity contribution is 6.05. The van der Waals surface area contributed by atoms with Crippen molar-refractivity contribution in [2.24, 2.45) is 0 Å². The number of carbonyl (C=O) groups is 2. The molecule has 32 heavy (non-hydrogen) atoms. The lowest BCUT2D eigenvalue weighted by atomic mass is 9.88. The number of ether oxygens (including phenoxy) is 2. The van der Waals surface area contributed by atoms with Crippen molar-refractivity contribution in [1.29, 1.82) is 0 Å². The van der Waals surface area contributed by atoms with Gasteiger partial charge in [0.2, 0.25) is 0 Å². The van der Waals surface area contributed by atoms with Crippen LogP contribution >= 0.6 is 0 Å². The topological polar surface area (TPSA) is 74.9 Å². The first-order valence-electron chi connectivity index (χ1n) is 11.0. The van der Waals surface area contributed by atoms with Crippen molar-refractivity contribution in [1.82, 2.24) is 14.8 Å². The number of carbonyl (C=O) groups excluding carboxylic acids is 2. The Bertz CT molecular complexity index is 1200. The van der Waals surface area contributed by atoms with E-state index in [1.54, 1.807) is 19.1 Å². The minimum atomic E-state index is -0.510. The van der Waals surface area contributed by atoms with Crippen LogP contribution in [0.1, 0.15) is 42.6 Å². The monoisotopic (exact) mass is 433 g/mol. The molecule has 3 amide bonds. The van der Waals surface area contributed by atoms with Crippen LogP contribution in [0.3, 0.4) is 0 Å². The number of aromatic nitrogens is 1. The number of H-pyrrole nitrogens is 1. The number of para-hydroxylation sites is 1. The summed E-state index contributed by atoms with van der Waals surface area (Å²) in [5.74, 6) is 1.10. The molecule has 0 bridgehead atoms. The standard InChI is InChI=1S/C25H27N3O4/c1-4-5-12-27-24(29)19-14-17-16-8-6-7-9-18(16)26-22(17)23(28(19)25(27)30)15-10-11-20(31-2)21(13-15)32-3/h6-11,13,19,23,26H,4-5,12,14H2,1-3H3/t19-,23-/m1/s1. The number of benzene rings is 2. The Morgan fingerprint density at radius 1 is 1.06 bits per heavy atom. The molecule has 1 N–H and O–H groups in total. The van der Waals surface area contributed by atoms with E-state index in [1.165, 1.54) is 4.90 Å². The van der Waals surface area contributed by atoms with Gasteiger partial charge in [-0.2, -0.15) is 0 Å². The third-order valence-electron chi connectivity index (χ3n) is 6.59. The van der Waals surface area contributed by atoms with Crippen molar-refractivity contribution in [3.63, 3.8) is 0 Å². The Balaban J connectivity index is 1.69. The summed E-state index contributed by atoms with van der Waals surface area (Å²) in [6.45, 7) is 2.51. The van der Waals surface area contributed by atoms with Gasteiger partial charge in [-0.3, -0.25) is 14.6 Å². The predicted octanol–water partition coefficient (Wildman–Crippen LogP) is 4.26. The Labute approximate surface area is 186 Å². The number of nitrogens with one attached hydrogen (secondary N) is 1. The molecule has 0 spiro atoms. The lowest BCUT2D eigenvalue weighted by molar-refractivity contribution is -0.128. The van der Waals surface area contributed by atoms with Crippen LogP contribution in [0.2, 0.25) is 0 Å². The molecule has 2 atom stereocenters. The molecule has 0 radical (unpaired) electrons. The number of hydrogen-bond acceptors (Lipinski definition) is 4. The van der Waals surface area contributed by atoms with Gasteiger partial charge in [0.05, 0.1) is 14.2 Å². The van der Waals surface area contributed by atoms with Gasteiger partial charge in [0.25, 0.3) is 5.91 Å². The average Bonchev–Trinajstić information content (AvgIpc) is 3.31. The van der Waals surface area contributed by atoms with Crippen LogP contribution in [-0.4, -0.2) is 53.5 Å². The van der Waals surface area contributed by atoms with Gasteiger partial charge in [-0.1, -0.05) is 37.6 Å². The van der Waals surface area contributed by atoms with Crippen LogP contribution < -0.4 is 9.47 Å². The zero-order valence-electron chi connectivity index (χ0n) is 18.6. The fourth-order valence-corrected chi connectivity index (χ4v) is 5.02. The summed E-state index contributed by atoms with van der Waals surface area (Å²) in [7, 11) is 3.19. The number of methoxy groups -OCH3 is 2. The molecule has 0 saturated carbocycles. The molecule has 1 saturated heterocycles. The van der Waals surface area contributed by atoms with Crippen molar-refractivity contribution >= 4 is 22.8 Å². The number of rotatable bonds is 6. The maximum atomic E-state index is 13.5. The van der Waals surface area contributed by atoms with Gasteiger partial charge < -0.3 is 14.5 Å². The molecule has 2 aromatic carbocycles. The molecule has 1 fully saturated rings. The molecular weight excluding hydrogens is 406 g/mol. The van der Waals surface area contributed by atoms with Gasteiger partial charge in [0.15, 0.2) is 11.5 Å². The van der Waals surface area contributed by atoms with Crippen LogP contribution in [0.5, 0.6) is 11.5 Å². The highest BCUT2D eigenvalue weighted by Gasteiger charge is 2.52. The fourth-order valence-electron chi connectivity index (χ4n) is 5.02. The van der Waals surface area contributed by atoms with E-state index in [4.69, 9.17) is 9.47 Å². The molecule has 7 heteroatoms. The number of imide groups is 1. The second kappa shape index (κ2) is 7.89. The summed E-state index contributed by atoms with van der Waals surface area (Å²) in [6, 6.07) is 12.6. The summed E-state index contributed by atoms with van der Waals surface area (Å²) in [6.07, 6.45) is 2.23. The van der Waals surface area contributed by atoms with E-state index >= 15 is 0 Å². The van der Waals surface area contributed by atoms with Crippen molar-refractivity contribution < 1.29 is 19.1 Å². The maximum absolute atomic E-state index is 13.5. The number of amides is 3. The summed E-state index contributed by atoms with van der Waals surface area (Å²) in [5, 5.41) is 1.10. The van der Waals surface area contributed by atoms with Gasteiger partial charge >= 0.3 is 6.03 Å². The lowest BCUT2D eigenvalue weighted by Crippen LogP contribution is -2.44. The lowest BCUT2D eigenvalue weighted by Gasteiger charge is -2.36. The molecule has 3 heterocycles. The maximum Gasteiger partial charge on any atom is 0.328 e. The Hall–Kier alpha value is -3.48. The molecule has 0 aliphatic carbocycles. The molecular formula is C25H27N3O4. The van der Waals surface area contributed by atoms with Crippen LogP contribution in [0.15, 0.2) is 42.5 Å². The van der Waals surface area contributed by atoms with Crippen molar-refractivity contribution in [3.8, 4) is 11.5 Å². The molecule has 5 rings (SSSR count). The van der Waals surface area contributed by atoms with E-state index in [2.05, 4.69) is 18.0 Å². The second-order valence-electron chi connectivity index (χ2n) is 8.33. The van der Waals surface area contributed by atoms with E-state index < -0.39 is 12.1 Å². The first kappa shape index (κ1) is 20.4. The Morgan fingerprint density at radius 2 is 1.84 bits per heavy atom. The summed E-state index contributed by atoms with van der Waals surface area (Å²) in [4.78, 5) is 33.6. The first-order valence-corrected chi connectivity index (χ1v) is 11.0. The van der Waals surface area contributed by atoms with Gasteiger partial charge in [0.1, 0.15) is 12.1 Å². The smallest absolute Gasteiger partial charge is 0.328 e. The van der Waals surface area contributed by atoms with E-state index in [1.807, 2.05) is 36.4 Å². The van der Waals surface area contributed by atoms with Crippen molar-refractivity contribution in [2.45, 2.75) is 38.3 Å². The minimum absolute atomic E-state index is 0.107. The molecule has 1 aromatic heterocycles. The van der Waals surface area contributed by atoms with E-state index in [-0.39, 0.29) is 11.9 Å². The Morgan fingerprint density at radius 3 is 2.59 bits per heavy atom. The SMILES string of the molecule is CCCCN1C(=O)[C@H]2Cc3c([nH]c4ccccc34)[C@@H](c3ccc(OC)c(OC)c3)N2C1=O. The van der Waals surface area contributed by atoms with Gasteiger partial charge in [0, 0.05) is 29.6 Å². The third kappa shape index (κ3) is 2.95. The average molecular weight is 434 g/mol. The predicted molar refractivity (Wildman–Crippen MR) is 121 cm³/mol. The first-order chi connectivity index (χ1) is 15.6. The molecule has 0 unspecified atom stereocenters. The number of urea groups is 1. The quantitative estimate of drug-likeness (QED) is 0.590. The molecule has 7 nitrogen and oxygen atoms in total. The number of fused-ring (bicyclic) bond motifs is 4. The van der Waals surface area contributed by atoms with Gasteiger partial charge in [-0.25, -0.2) is 4.79 Å². The summed E-state index contributed by atoms with van der Waals surface area (Å²) >= 11 is 0. The van der Waals surface area contributed by atoms with E-state index in [9.17, 15) is 9.59 Å².